The van der Waals surface area contributed by atoms with Crippen LogP contribution in [0.4, 0.5) is 0 Å². The van der Waals surface area contributed by atoms with Gasteiger partial charge in [0.2, 0.25) is 5.91 Å². The number of ether oxygens (including phenoxy) is 1. The molecule has 1 N–H and O–H groups in total. The summed E-state index contributed by atoms with van der Waals surface area (Å²) in [5, 5.41) is 2.58. The van der Waals surface area contributed by atoms with E-state index in [-0.39, 0.29) is 24.8 Å². The van der Waals surface area contributed by atoms with Gasteiger partial charge in [-0.2, -0.15) is 0 Å². The zero-order valence-corrected chi connectivity index (χ0v) is 13.1. The van der Waals surface area contributed by atoms with E-state index in [1.165, 1.54) is 0 Å². The Kier molecular flexibility index (Phi) is 5.40. The van der Waals surface area contributed by atoms with E-state index < -0.39 is 6.04 Å². The predicted octanol–water partition coefficient (Wildman–Crippen LogP) is 1.68. The third-order valence-electron chi connectivity index (χ3n) is 3.09. The third-order valence-corrected chi connectivity index (χ3v) is 4.58. The second kappa shape index (κ2) is 6.87. The van der Waals surface area contributed by atoms with Crippen LogP contribution in [-0.2, 0) is 9.53 Å². The van der Waals surface area contributed by atoms with Crippen molar-refractivity contribution in [2.75, 3.05) is 33.4 Å². The molecule has 0 spiro atoms. The molecule has 2 rings (SSSR count). The van der Waals surface area contributed by atoms with Crippen LogP contribution < -0.4 is 5.32 Å². The lowest BCUT2D eigenvalue weighted by Gasteiger charge is -2.33. The summed E-state index contributed by atoms with van der Waals surface area (Å²) in [6, 6.07) is 1.11. The Hall–Kier alpha value is -0.660. The largest absolute Gasteiger partial charge is 0.378 e. The fraction of sp³-hybridized carbons (Fsp3) is 0.500. The lowest BCUT2D eigenvalue weighted by Crippen LogP contribution is -2.54. The maximum atomic E-state index is 12.3. The summed E-state index contributed by atoms with van der Waals surface area (Å²) in [5.74, 6) is -0.305. The number of amides is 1. The van der Waals surface area contributed by atoms with Crippen LogP contribution in [0.2, 0.25) is 8.67 Å². The number of ketones is 1. The minimum Gasteiger partial charge on any atom is -0.378 e. The summed E-state index contributed by atoms with van der Waals surface area (Å²) in [5.41, 5.74) is 0.406. The minimum atomic E-state index is -0.453. The quantitative estimate of drug-likeness (QED) is 0.850. The second-order valence-corrected chi connectivity index (χ2v) is 6.62. The average Bonchev–Trinajstić information content (AvgIpc) is 2.77. The number of nitrogens with zero attached hydrogens (tertiary/aromatic N) is 1. The third kappa shape index (κ3) is 3.51. The van der Waals surface area contributed by atoms with Gasteiger partial charge in [0.1, 0.15) is 10.4 Å². The molecule has 8 heteroatoms. The summed E-state index contributed by atoms with van der Waals surface area (Å²) in [6.45, 7) is 1.43. The standard InChI is InChI=1S/C12H14Cl2N2O3S/c1-15-12(18)8-6-19-3-2-16(8)5-9(17)7-4-10(13)20-11(7)14/h4,8H,2-3,5-6H2,1H3,(H,15,18). The first-order valence-corrected chi connectivity index (χ1v) is 7.61. The lowest BCUT2D eigenvalue weighted by atomic mass is 10.1. The molecule has 0 aliphatic carbocycles. The first-order chi connectivity index (χ1) is 9.52. The first-order valence-electron chi connectivity index (χ1n) is 6.04. The Morgan fingerprint density at radius 2 is 2.30 bits per heavy atom. The van der Waals surface area contributed by atoms with Crippen LogP contribution in [0.25, 0.3) is 0 Å². The molecule has 0 aromatic carbocycles. The van der Waals surface area contributed by atoms with Gasteiger partial charge in [0.05, 0.1) is 29.7 Å². The number of likely N-dealkylation sites (N-methyl/N-ethyl adjacent to an activating group) is 1. The van der Waals surface area contributed by atoms with Crippen LogP contribution >= 0.6 is 34.5 Å². The summed E-state index contributed by atoms with van der Waals surface area (Å²) >= 11 is 13.0. The molecule has 5 nitrogen and oxygen atoms in total. The molecule has 1 aliphatic rings. The summed E-state index contributed by atoms with van der Waals surface area (Å²) < 4.78 is 6.15. The molecule has 1 unspecified atom stereocenters. The van der Waals surface area contributed by atoms with Gasteiger partial charge in [-0.3, -0.25) is 14.5 Å². The molecule has 2 heterocycles. The topological polar surface area (TPSA) is 58.6 Å². The van der Waals surface area contributed by atoms with Crippen LogP contribution in [0.3, 0.4) is 0 Å². The van der Waals surface area contributed by atoms with Crippen LogP contribution in [0.1, 0.15) is 10.4 Å². The zero-order valence-electron chi connectivity index (χ0n) is 10.8. The van der Waals surface area contributed by atoms with E-state index in [1.54, 1.807) is 18.0 Å². The van der Waals surface area contributed by atoms with Gasteiger partial charge in [0.15, 0.2) is 5.78 Å². The summed E-state index contributed by atoms with van der Waals surface area (Å²) in [6.07, 6.45) is 0. The number of rotatable bonds is 4. The number of hydrogen-bond donors (Lipinski definition) is 1. The summed E-state index contributed by atoms with van der Waals surface area (Å²) in [7, 11) is 1.56. The monoisotopic (exact) mass is 336 g/mol. The second-order valence-electron chi connectivity index (χ2n) is 4.34. The van der Waals surface area contributed by atoms with Gasteiger partial charge < -0.3 is 10.1 Å². The SMILES string of the molecule is CNC(=O)C1COCCN1CC(=O)c1cc(Cl)sc1Cl. The number of morpholine rings is 1. The smallest absolute Gasteiger partial charge is 0.239 e. The predicted molar refractivity (Wildman–Crippen MR) is 78.9 cm³/mol. The normalized spacial score (nSPS) is 19.9. The van der Waals surface area contributed by atoms with E-state index in [1.807, 2.05) is 0 Å². The fourth-order valence-electron chi connectivity index (χ4n) is 2.04. The van der Waals surface area contributed by atoms with Crippen molar-refractivity contribution in [2.45, 2.75) is 6.04 Å². The van der Waals surface area contributed by atoms with Crippen molar-refractivity contribution in [2.24, 2.45) is 0 Å². The molecular weight excluding hydrogens is 323 g/mol. The van der Waals surface area contributed by atoms with Gasteiger partial charge in [0, 0.05) is 13.6 Å². The number of carbonyl (C=O) groups excluding carboxylic acids is 2. The Balaban J connectivity index is 2.08. The highest BCUT2D eigenvalue weighted by atomic mass is 35.5. The molecule has 1 saturated heterocycles. The number of nitrogens with one attached hydrogen (secondary N) is 1. The highest BCUT2D eigenvalue weighted by Crippen LogP contribution is 2.31. The van der Waals surface area contributed by atoms with Crippen molar-refractivity contribution in [3.05, 3.63) is 20.3 Å². The van der Waals surface area contributed by atoms with Gasteiger partial charge in [-0.1, -0.05) is 23.2 Å². The Morgan fingerprint density at radius 3 is 2.90 bits per heavy atom. The van der Waals surface area contributed by atoms with E-state index in [0.29, 0.717) is 27.4 Å². The van der Waals surface area contributed by atoms with Crippen molar-refractivity contribution in [1.82, 2.24) is 10.2 Å². The van der Waals surface area contributed by atoms with Crippen LogP contribution in [-0.4, -0.2) is 56.0 Å². The van der Waals surface area contributed by atoms with Crippen molar-refractivity contribution in [3.8, 4) is 0 Å². The van der Waals surface area contributed by atoms with Crippen molar-refractivity contribution in [3.63, 3.8) is 0 Å². The minimum absolute atomic E-state index is 0.119. The molecule has 1 amide bonds. The van der Waals surface area contributed by atoms with Crippen LogP contribution in [0, 0.1) is 0 Å². The van der Waals surface area contributed by atoms with Crippen molar-refractivity contribution < 1.29 is 14.3 Å². The number of thiophene rings is 1. The lowest BCUT2D eigenvalue weighted by molar-refractivity contribution is -0.131. The Labute approximate surface area is 130 Å². The van der Waals surface area contributed by atoms with Gasteiger partial charge in [0.25, 0.3) is 0 Å². The maximum Gasteiger partial charge on any atom is 0.239 e. The first kappa shape index (κ1) is 15.7. The van der Waals surface area contributed by atoms with Crippen LogP contribution in [0.15, 0.2) is 6.07 Å². The van der Waals surface area contributed by atoms with Gasteiger partial charge in [-0.25, -0.2) is 0 Å². The molecule has 20 heavy (non-hydrogen) atoms. The number of Topliss-reactive ketones (excluding diaryl/α,β-unsaturated/α-hetero) is 1. The maximum absolute atomic E-state index is 12.3. The Bertz CT molecular complexity index is 521. The molecule has 0 bridgehead atoms. The number of halogens is 2. The van der Waals surface area contributed by atoms with Crippen molar-refractivity contribution in [1.29, 1.82) is 0 Å². The number of carbonyl (C=O) groups is 2. The highest BCUT2D eigenvalue weighted by molar-refractivity contribution is 7.20. The molecule has 1 fully saturated rings. The van der Waals surface area contributed by atoms with Crippen LogP contribution in [0.5, 0.6) is 0 Å². The molecule has 1 aromatic heterocycles. The van der Waals surface area contributed by atoms with E-state index in [9.17, 15) is 9.59 Å². The molecule has 0 saturated carbocycles. The van der Waals surface area contributed by atoms with Gasteiger partial charge in [-0.05, 0) is 6.07 Å². The van der Waals surface area contributed by atoms with E-state index >= 15 is 0 Å². The van der Waals surface area contributed by atoms with Gasteiger partial charge >= 0.3 is 0 Å². The molecule has 1 atom stereocenters. The fourth-order valence-corrected chi connectivity index (χ4v) is 3.53. The van der Waals surface area contributed by atoms with E-state index in [2.05, 4.69) is 5.32 Å². The molecular formula is C12H14Cl2N2O3S. The summed E-state index contributed by atoms with van der Waals surface area (Å²) in [4.78, 5) is 25.8. The molecule has 1 aromatic rings. The van der Waals surface area contributed by atoms with E-state index in [0.717, 1.165) is 11.3 Å². The average molecular weight is 337 g/mol. The molecule has 0 radical (unpaired) electrons. The highest BCUT2D eigenvalue weighted by Gasteiger charge is 2.30. The number of hydrogen-bond acceptors (Lipinski definition) is 5. The van der Waals surface area contributed by atoms with Crippen molar-refractivity contribution >= 4 is 46.2 Å². The van der Waals surface area contributed by atoms with E-state index in [4.69, 9.17) is 27.9 Å². The molecule has 110 valence electrons. The van der Waals surface area contributed by atoms with Gasteiger partial charge in [-0.15, -0.1) is 11.3 Å². The Morgan fingerprint density at radius 1 is 1.55 bits per heavy atom. The zero-order chi connectivity index (χ0) is 14.7. The molecule has 1 aliphatic heterocycles.